The van der Waals surface area contributed by atoms with Crippen LogP contribution in [-0.4, -0.2) is 27.6 Å². The number of carbonyl (C=O) groups is 1. The molecule has 0 aliphatic rings. The van der Waals surface area contributed by atoms with Crippen LogP contribution in [0.25, 0.3) is 0 Å². The molecule has 0 spiro atoms. The van der Waals surface area contributed by atoms with Gasteiger partial charge in [-0.05, 0) is 68.6 Å². The van der Waals surface area contributed by atoms with E-state index in [9.17, 15) is 4.79 Å². The molecule has 1 amide bonds. The molecular weight excluding hydrogens is 486 g/mol. The normalized spacial score (nSPS) is 10.7. The van der Waals surface area contributed by atoms with Gasteiger partial charge in [0.15, 0.2) is 0 Å². The van der Waals surface area contributed by atoms with Crippen LogP contribution in [-0.2, 0) is 19.7 Å². The van der Waals surface area contributed by atoms with E-state index < -0.39 is 0 Å². The molecule has 0 atom stereocenters. The number of amides is 1. The first-order chi connectivity index (χ1) is 13.5. The number of hydrogen-bond donors (Lipinski definition) is 0. The van der Waals surface area contributed by atoms with Gasteiger partial charge in [-0.3, -0.25) is 9.48 Å². The fourth-order valence-corrected chi connectivity index (χ4v) is 3.53. The standard InChI is InChI=1S/C21H21Br2N3O2/c1-3-26-12-18(23)19(24-26)13-25(2)21(27)16-10-8-15(9-11-16)14-28-20-7-5-4-6-17(20)22/h4-12H,3,13-14H2,1-2H3. The molecule has 0 unspecified atom stereocenters. The van der Waals surface area contributed by atoms with Crippen LogP contribution in [0.3, 0.4) is 0 Å². The van der Waals surface area contributed by atoms with Crippen molar-refractivity contribution in [3.8, 4) is 5.75 Å². The van der Waals surface area contributed by atoms with E-state index in [0.717, 1.165) is 32.5 Å². The summed E-state index contributed by atoms with van der Waals surface area (Å²) in [5.41, 5.74) is 2.48. The molecule has 3 rings (SSSR count). The van der Waals surface area contributed by atoms with E-state index in [0.29, 0.717) is 18.7 Å². The van der Waals surface area contributed by atoms with Crippen LogP contribution in [0.2, 0.25) is 0 Å². The van der Waals surface area contributed by atoms with Crippen molar-refractivity contribution in [2.45, 2.75) is 26.6 Å². The number of nitrogens with zero attached hydrogens (tertiary/aromatic N) is 3. The third-order valence-electron chi connectivity index (χ3n) is 4.28. The number of aryl methyl sites for hydroxylation is 1. The summed E-state index contributed by atoms with van der Waals surface area (Å²) in [5.74, 6) is 0.746. The smallest absolute Gasteiger partial charge is 0.253 e. The summed E-state index contributed by atoms with van der Waals surface area (Å²) in [4.78, 5) is 14.4. The van der Waals surface area contributed by atoms with Crippen LogP contribution < -0.4 is 4.74 Å². The summed E-state index contributed by atoms with van der Waals surface area (Å²) in [6, 6.07) is 15.2. The third kappa shape index (κ3) is 5.02. The van der Waals surface area contributed by atoms with Gasteiger partial charge in [-0.25, -0.2) is 0 Å². The lowest BCUT2D eigenvalue weighted by Crippen LogP contribution is -2.26. The second-order valence-electron chi connectivity index (χ2n) is 6.36. The van der Waals surface area contributed by atoms with Gasteiger partial charge in [-0.2, -0.15) is 5.10 Å². The molecule has 0 fully saturated rings. The average Bonchev–Trinajstić information content (AvgIpc) is 3.06. The SMILES string of the molecule is CCn1cc(Br)c(CN(C)C(=O)c2ccc(COc3ccccc3Br)cc2)n1. The van der Waals surface area contributed by atoms with E-state index >= 15 is 0 Å². The molecule has 28 heavy (non-hydrogen) atoms. The van der Waals surface area contributed by atoms with Crippen LogP contribution in [0.4, 0.5) is 0 Å². The second kappa shape index (κ2) is 9.39. The number of rotatable bonds is 7. The molecule has 1 aromatic heterocycles. The second-order valence-corrected chi connectivity index (χ2v) is 8.07. The van der Waals surface area contributed by atoms with E-state index in [1.165, 1.54) is 0 Å². The van der Waals surface area contributed by atoms with Crippen LogP contribution in [0, 0.1) is 0 Å². The zero-order valence-electron chi connectivity index (χ0n) is 15.7. The fraction of sp³-hybridized carbons (Fsp3) is 0.238. The van der Waals surface area contributed by atoms with Gasteiger partial charge in [0, 0.05) is 25.4 Å². The fourth-order valence-electron chi connectivity index (χ4n) is 2.69. The van der Waals surface area contributed by atoms with Gasteiger partial charge in [-0.1, -0.05) is 24.3 Å². The average molecular weight is 507 g/mol. The van der Waals surface area contributed by atoms with Crippen molar-refractivity contribution < 1.29 is 9.53 Å². The van der Waals surface area contributed by atoms with Crippen molar-refractivity contribution in [3.05, 3.63) is 80.5 Å². The molecule has 7 heteroatoms. The Morgan fingerprint density at radius 3 is 2.46 bits per heavy atom. The van der Waals surface area contributed by atoms with Crippen molar-refractivity contribution in [3.63, 3.8) is 0 Å². The predicted octanol–water partition coefficient (Wildman–Crippen LogP) is 5.28. The molecule has 0 saturated carbocycles. The first-order valence-electron chi connectivity index (χ1n) is 8.91. The maximum Gasteiger partial charge on any atom is 0.253 e. The van der Waals surface area contributed by atoms with E-state index in [1.54, 1.807) is 11.9 Å². The van der Waals surface area contributed by atoms with Gasteiger partial charge in [0.25, 0.3) is 5.91 Å². The van der Waals surface area contributed by atoms with Crippen molar-refractivity contribution in [2.75, 3.05) is 7.05 Å². The first-order valence-corrected chi connectivity index (χ1v) is 10.5. The molecule has 0 radical (unpaired) electrons. The van der Waals surface area contributed by atoms with Gasteiger partial charge >= 0.3 is 0 Å². The predicted molar refractivity (Wildman–Crippen MR) is 116 cm³/mol. The molecule has 0 bridgehead atoms. The Morgan fingerprint density at radius 1 is 1.11 bits per heavy atom. The van der Waals surface area contributed by atoms with E-state index in [1.807, 2.05) is 66.3 Å². The lowest BCUT2D eigenvalue weighted by Gasteiger charge is -2.16. The van der Waals surface area contributed by atoms with E-state index in [-0.39, 0.29) is 5.91 Å². The van der Waals surface area contributed by atoms with Crippen LogP contribution in [0.15, 0.2) is 63.7 Å². The van der Waals surface area contributed by atoms with Crippen LogP contribution in [0.5, 0.6) is 5.75 Å². The Labute approximate surface area is 181 Å². The van der Waals surface area contributed by atoms with Crippen molar-refractivity contribution >= 4 is 37.8 Å². The molecule has 2 aromatic carbocycles. The number of para-hydroxylation sites is 1. The number of hydrogen-bond acceptors (Lipinski definition) is 3. The Balaban J connectivity index is 1.61. The topological polar surface area (TPSA) is 47.4 Å². The minimum Gasteiger partial charge on any atom is -0.488 e. The molecule has 0 saturated heterocycles. The third-order valence-corrected chi connectivity index (χ3v) is 5.59. The lowest BCUT2D eigenvalue weighted by atomic mass is 10.1. The molecule has 3 aromatic rings. The Hall–Kier alpha value is -2.12. The highest BCUT2D eigenvalue weighted by Crippen LogP contribution is 2.25. The Kier molecular flexibility index (Phi) is 6.91. The van der Waals surface area contributed by atoms with Crippen LogP contribution in [0.1, 0.15) is 28.5 Å². The highest BCUT2D eigenvalue weighted by molar-refractivity contribution is 9.10. The molecule has 146 valence electrons. The number of carbonyl (C=O) groups excluding carboxylic acids is 1. The number of aromatic nitrogens is 2. The molecule has 5 nitrogen and oxygen atoms in total. The lowest BCUT2D eigenvalue weighted by molar-refractivity contribution is 0.0783. The molecular formula is C21H21Br2N3O2. The Morgan fingerprint density at radius 2 is 1.82 bits per heavy atom. The van der Waals surface area contributed by atoms with Gasteiger partial charge in [-0.15, -0.1) is 0 Å². The number of halogens is 2. The first kappa shape index (κ1) is 20.6. The summed E-state index contributed by atoms with van der Waals surface area (Å²) in [6.45, 7) is 3.70. The summed E-state index contributed by atoms with van der Waals surface area (Å²) in [6.07, 6.45) is 1.92. The molecule has 0 N–H and O–H groups in total. The zero-order chi connectivity index (χ0) is 20.1. The summed E-state index contributed by atoms with van der Waals surface area (Å²) >= 11 is 6.97. The molecule has 1 heterocycles. The maximum atomic E-state index is 12.7. The maximum absolute atomic E-state index is 12.7. The van der Waals surface area contributed by atoms with Crippen molar-refractivity contribution in [2.24, 2.45) is 0 Å². The van der Waals surface area contributed by atoms with Crippen molar-refractivity contribution in [1.29, 1.82) is 0 Å². The van der Waals surface area contributed by atoms with Crippen LogP contribution >= 0.6 is 31.9 Å². The molecule has 0 aliphatic heterocycles. The number of benzene rings is 2. The largest absolute Gasteiger partial charge is 0.488 e. The van der Waals surface area contributed by atoms with Gasteiger partial charge in [0.2, 0.25) is 0 Å². The minimum absolute atomic E-state index is 0.0452. The zero-order valence-corrected chi connectivity index (χ0v) is 18.9. The quantitative estimate of drug-likeness (QED) is 0.438. The van der Waals surface area contributed by atoms with E-state index in [4.69, 9.17) is 4.74 Å². The highest BCUT2D eigenvalue weighted by Gasteiger charge is 2.15. The molecule has 0 aliphatic carbocycles. The van der Waals surface area contributed by atoms with E-state index in [2.05, 4.69) is 37.0 Å². The van der Waals surface area contributed by atoms with Crippen molar-refractivity contribution in [1.82, 2.24) is 14.7 Å². The monoisotopic (exact) mass is 505 g/mol. The van der Waals surface area contributed by atoms with Gasteiger partial charge < -0.3 is 9.64 Å². The summed E-state index contributed by atoms with van der Waals surface area (Å²) < 4.78 is 9.49. The number of ether oxygens (including phenoxy) is 1. The summed E-state index contributed by atoms with van der Waals surface area (Å²) in [7, 11) is 1.78. The van der Waals surface area contributed by atoms with Gasteiger partial charge in [0.1, 0.15) is 12.4 Å². The minimum atomic E-state index is -0.0452. The summed E-state index contributed by atoms with van der Waals surface area (Å²) in [5, 5.41) is 4.47. The highest BCUT2D eigenvalue weighted by atomic mass is 79.9. The Bertz CT molecular complexity index is 955. The van der Waals surface area contributed by atoms with Gasteiger partial charge in [0.05, 0.1) is 21.2 Å².